The van der Waals surface area contributed by atoms with E-state index in [-0.39, 0.29) is 6.04 Å². The zero-order valence-electron chi connectivity index (χ0n) is 12.8. The molecule has 1 aromatic rings. The predicted molar refractivity (Wildman–Crippen MR) is 82.4 cm³/mol. The van der Waals surface area contributed by atoms with Gasteiger partial charge < -0.3 is 9.88 Å². The highest BCUT2D eigenvalue weighted by Crippen LogP contribution is 2.27. The number of nitrogens with one attached hydrogen (secondary N) is 2. The van der Waals surface area contributed by atoms with Gasteiger partial charge in [-0.3, -0.25) is 0 Å². The van der Waals surface area contributed by atoms with Crippen LogP contribution in [0.1, 0.15) is 44.7 Å². The summed E-state index contributed by atoms with van der Waals surface area (Å²) in [6.07, 6.45) is 7.35. The molecule has 0 radical (unpaired) electrons. The summed E-state index contributed by atoms with van der Waals surface area (Å²) < 4.78 is 29.8. The van der Waals surface area contributed by atoms with Crippen molar-refractivity contribution >= 4 is 10.0 Å². The van der Waals surface area contributed by atoms with Crippen LogP contribution in [-0.4, -0.2) is 25.1 Å². The lowest BCUT2D eigenvalue weighted by Gasteiger charge is -2.16. The standard InChI is InChI=1S/C15H25N3O2S/c1-11-4-3-5-15(11)17-21(19,20)14-8-13(18(2)10-14)9-16-12-6-7-12/h8,10-12,15-17H,3-7,9H2,1-2H3. The summed E-state index contributed by atoms with van der Waals surface area (Å²) in [5.74, 6) is 0.430. The summed E-state index contributed by atoms with van der Waals surface area (Å²) in [4.78, 5) is 0.386. The lowest BCUT2D eigenvalue weighted by atomic mass is 10.1. The predicted octanol–water partition coefficient (Wildman–Crippen LogP) is 1.74. The molecule has 0 spiro atoms. The lowest BCUT2D eigenvalue weighted by Crippen LogP contribution is -2.36. The first kappa shape index (κ1) is 15.1. The van der Waals surface area contributed by atoms with Gasteiger partial charge in [-0.1, -0.05) is 13.3 Å². The van der Waals surface area contributed by atoms with Gasteiger partial charge in [0.2, 0.25) is 10.0 Å². The van der Waals surface area contributed by atoms with Gasteiger partial charge in [-0.05, 0) is 37.7 Å². The number of nitrogens with zero attached hydrogens (tertiary/aromatic N) is 1. The van der Waals surface area contributed by atoms with E-state index in [4.69, 9.17) is 0 Å². The van der Waals surface area contributed by atoms with Gasteiger partial charge in [-0.15, -0.1) is 0 Å². The van der Waals surface area contributed by atoms with Gasteiger partial charge >= 0.3 is 0 Å². The molecule has 6 heteroatoms. The molecule has 3 rings (SSSR count). The fourth-order valence-electron chi connectivity index (χ4n) is 3.02. The van der Waals surface area contributed by atoms with Crippen molar-refractivity contribution in [1.29, 1.82) is 0 Å². The summed E-state index contributed by atoms with van der Waals surface area (Å²) in [6, 6.07) is 2.50. The topological polar surface area (TPSA) is 63.1 Å². The molecule has 0 aliphatic heterocycles. The molecule has 2 fully saturated rings. The Bertz CT molecular complexity index is 604. The molecular weight excluding hydrogens is 286 g/mol. The van der Waals surface area contributed by atoms with E-state index in [9.17, 15) is 8.42 Å². The number of sulfonamides is 1. The number of hydrogen-bond acceptors (Lipinski definition) is 3. The molecule has 1 aromatic heterocycles. The van der Waals surface area contributed by atoms with Crippen LogP contribution in [0.2, 0.25) is 0 Å². The maximum Gasteiger partial charge on any atom is 0.242 e. The van der Waals surface area contributed by atoms with Gasteiger partial charge in [-0.25, -0.2) is 13.1 Å². The van der Waals surface area contributed by atoms with Crippen LogP contribution in [0.5, 0.6) is 0 Å². The Morgan fingerprint density at radius 3 is 2.67 bits per heavy atom. The van der Waals surface area contributed by atoms with Crippen LogP contribution in [0.15, 0.2) is 17.2 Å². The monoisotopic (exact) mass is 311 g/mol. The molecular formula is C15H25N3O2S. The van der Waals surface area contributed by atoms with Crippen LogP contribution in [-0.2, 0) is 23.6 Å². The third-order valence-electron chi connectivity index (χ3n) is 4.71. The van der Waals surface area contributed by atoms with Gasteiger partial charge in [0.25, 0.3) is 0 Å². The number of aromatic nitrogens is 1. The lowest BCUT2D eigenvalue weighted by molar-refractivity contribution is 0.476. The number of aryl methyl sites for hydroxylation is 1. The van der Waals surface area contributed by atoms with Crippen molar-refractivity contribution in [3.63, 3.8) is 0 Å². The van der Waals surface area contributed by atoms with Gasteiger partial charge in [0.1, 0.15) is 0 Å². The van der Waals surface area contributed by atoms with Crippen LogP contribution in [0, 0.1) is 5.92 Å². The van der Waals surface area contributed by atoms with Crippen molar-refractivity contribution in [3.8, 4) is 0 Å². The molecule has 0 saturated heterocycles. The third kappa shape index (κ3) is 3.49. The first-order chi connectivity index (χ1) is 9.95. The van der Waals surface area contributed by atoms with Crippen LogP contribution in [0.25, 0.3) is 0 Å². The SMILES string of the molecule is CC1CCCC1NS(=O)(=O)c1cc(CNC2CC2)n(C)c1. The molecule has 2 aliphatic rings. The molecule has 2 unspecified atom stereocenters. The molecule has 21 heavy (non-hydrogen) atoms. The summed E-state index contributed by atoms with van der Waals surface area (Å²) in [7, 11) is -1.50. The van der Waals surface area contributed by atoms with Crippen LogP contribution >= 0.6 is 0 Å². The van der Waals surface area contributed by atoms with Gasteiger partial charge in [0, 0.05) is 37.6 Å². The summed E-state index contributed by atoms with van der Waals surface area (Å²) in [6.45, 7) is 2.85. The van der Waals surface area contributed by atoms with Crippen molar-refractivity contribution in [1.82, 2.24) is 14.6 Å². The van der Waals surface area contributed by atoms with Crippen LogP contribution < -0.4 is 10.0 Å². The van der Waals surface area contributed by atoms with Gasteiger partial charge in [0.15, 0.2) is 0 Å². The van der Waals surface area contributed by atoms with E-state index in [1.54, 1.807) is 12.3 Å². The molecule has 5 nitrogen and oxygen atoms in total. The van der Waals surface area contributed by atoms with Gasteiger partial charge in [0.05, 0.1) is 4.90 Å². The highest BCUT2D eigenvalue weighted by atomic mass is 32.2. The number of rotatable bonds is 6. The van der Waals surface area contributed by atoms with Gasteiger partial charge in [-0.2, -0.15) is 0 Å². The molecule has 0 aromatic carbocycles. The normalized spacial score (nSPS) is 26.4. The van der Waals surface area contributed by atoms with E-state index in [0.717, 1.165) is 31.5 Å². The minimum Gasteiger partial charge on any atom is -0.352 e. The molecule has 0 amide bonds. The quantitative estimate of drug-likeness (QED) is 0.841. The fourth-order valence-corrected chi connectivity index (χ4v) is 4.50. The highest BCUT2D eigenvalue weighted by molar-refractivity contribution is 7.89. The largest absolute Gasteiger partial charge is 0.352 e. The van der Waals surface area contributed by atoms with Crippen molar-refractivity contribution in [2.45, 2.75) is 62.6 Å². The molecule has 118 valence electrons. The summed E-state index contributed by atoms with van der Waals surface area (Å²) in [5.41, 5.74) is 1.02. The van der Waals surface area contributed by atoms with Crippen LogP contribution in [0.4, 0.5) is 0 Å². The van der Waals surface area contributed by atoms with Crippen molar-refractivity contribution in [3.05, 3.63) is 18.0 Å². The molecule has 2 N–H and O–H groups in total. The zero-order valence-corrected chi connectivity index (χ0v) is 13.6. The van der Waals surface area contributed by atoms with E-state index in [1.165, 1.54) is 12.8 Å². The van der Waals surface area contributed by atoms with E-state index >= 15 is 0 Å². The second-order valence-corrected chi connectivity index (χ2v) is 8.28. The van der Waals surface area contributed by atoms with E-state index < -0.39 is 10.0 Å². The number of hydrogen-bond donors (Lipinski definition) is 2. The Hall–Kier alpha value is -0.850. The average molecular weight is 311 g/mol. The minimum absolute atomic E-state index is 0.0863. The second-order valence-electron chi connectivity index (χ2n) is 6.57. The van der Waals surface area contributed by atoms with E-state index in [1.807, 2.05) is 11.6 Å². The van der Waals surface area contributed by atoms with Crippen molar-refractivity contribution < 1.29 is 8.42 Å². The summed E-state index contributed by atoms with van der Waals surface area (Å²) >= 11 is 0. The minimum atomic E-state index is -3.40. The molecule has 1 heterocycles. The Morgan fingerprint density at radius 2 is 2.05 bits per heavy atom. The van der Waals surface area contributed by atoms with Crippen LogP contribution in [0.3, 0.4) is 0 Å². The Labute approximate surface area is 127 Å². The fraction of sp³-hybridized carbons (Fsp3) is 0.733. The van der Waals surface area contributed by atoms with E-state index in [0.29, 0.717) is 16.9 Å². The Kier molecular flexibility index (Phi) is 4.12. The smallest absolute Gasteiger partial charge is 0.242 e. The Balaban J connectivity index is 1.70. The highest BCUT2D eigenvalue weighted by Gasteiger charge is 2.29. The maximum absolute atomic E-state index is 12.5. The zero-order chi connectivity index (χ0) is 15.0. The Morgan fingerprint density at radius 1 is 1.29 bits per heavy atom. The first-order valence-corrected chi connectivity index (χ1v) is 9.35. The van der Waals surface area contributed by atoms with Crippen molar-refractivity contribution in [2.24, 2.45) is 13.0 Å². The third-order valence-corrected chi connectivity index (χ3v) is 6.17. The molecule has 2 atom stereocenters. The first-order valence-electron chi connectivity index (χ1n) is 7.86. The summed E-state index contributed by atoms with van der Waals surface area (Å²) in [5, 5.41) is 3.42. The maximum atomic E-state index is 12.5. The second kappa shape index (κ2) is 5.74. The molecule has 0 bridgehead atoms. The van der Waals surface area contributed by atoms with E-state index in [2.05, 4.69) is 17.0 Å². The average Bonchev–Trinajstić information content (AvgIpc) is 3.06. The molecule has 2 aliphatic carbocycles. The molecule has 2 saturated carbocycles. The van der Waals surface area contributed by atoms with Crippen molar-refractivity contribution in [2.75, 3.05) is 0 Å².